The van der Waals surface area contributed by atoms with Crippen molar-refractivity contribution in [1.29, 1.82) is 0 Å². The third-order valence-corrected chi connectivity index (χ3v) is 16.9. The summed E-state index contributed by atoms with van der Waals surface area (Å²) in [4.78, 5) is 171. The zero-order chi connectivity index (χ0) is 70.6. The van der Waals surface area contributed by atoms with E-state index in [1.807, 2.05) is 41.5 Å². The van der Waals surface area contributed by atoms with Crippen molar-refractivity contribution in [2.45, 2.75) is 234 Å². The minimum atomic E-state index is -1.70. The lowest BCUT2D eigenvalue weighted by Crippen LogP contribution is -2.64. The van der Waals surface area contributed by atoms with Crippen molar-refractivity contribution in [3.63, 3.8) is 0 Å². The van der Waals surface area contributed by atoms with Crippen LogP contribution in [0.5, 0.6) is 0 Å². The van der Waals surface area contributed by atoms with Gasteiger partial charge in [-0.05, 0) is 102 Å². The Morgan fingerprint density at radius 1 is 0.505 bits per heavy atom. The molecule has 26 nitrogen and oxygen atoms in total. The minimum absolute atomic E-state index is 0.0926. The molecule has 91 heavy (non-hydrogen) atoms. The first-order chi connectivity index (χ1) is 42.0. The number of carbonyl (C=O) groups is 11. The molecule has 1 fully saturated rings. The number of hydrogen-bond acceptors (Lipinski definition) is 15. The van der Waals surface area contributed by atoms with Gasteiger partial charge in [0.05, 0.1) is 31.5 Å². The number of rotatable bonds is 19. The molecule has 0 saturated carbocycles. The highest BCUT2D eigenvalue weighted by atomic mass is 16.5. The molecule has 1 rings (SSSR count). The molecule has 13 atom stereocenters. The maximum atomic E-state index is 15.3. The van der Waals surface area contributed by atoms with E-state index >= 15 is 24.0 Å². The van der Waals surface area contributed by atoms with Crippen LogP contribution in [-0.2, 0) is 57.5 Å². The number of likely N-dealkylation sites (N-methyl/N-ethyl adjacent to an activating group) is 7. The summed E-state index contributed by atoms with van der Waals surface area (Å²) in [6.45, 7) is 27.2. The van der Waals surface area contributed by atoms with E-state index in [-0.39, 0.29) is 56.5 Å². The van der Waals surface area contributed by atoms with E-state index in [0.717, 1.165) is 14.7 Å². The van der Waals surface area contributed by atoms with Gasteiger partial charge in [0.2, 0.25) is 65.0 Å². The lowest BCUT2D eigenvalue weighted by molar-refractivity contribution is -0.157. The maximum Gasteiger partial charge on any atom is 0.248 e. The molecule has 7 N–H and O–H groups in total. The van der Waals surface area contributed by atoms with E-state index in [1.54, 1.807) is 60.6 Å². The topological polar surface area (TPSA) is 328 Å². The Morgan fingerprint density at radius 3 is 1.40 bits per heavy atom. The normalized spacial score (nSPS) is 26.9. The molecule has 0 unspecified atom stereocenters. The van der Waals surface area contributed by atoms with Gasteiger partial charge in [-0.3, -0.25) is 52.7 Å². The second kappa shape index (κ2) is 37.4. The zero-order valence-electron chi connectivity index (χ0n) is 59.3. The van der Waals surface area contributed by atoms with Crippen molar-refractivity contribution in [1.82, 2.24) is 55.6 Å². The molecular weight excluding hydrogens is 1170 g/mol. The van der Waals surface area contributed by atoms with Crippen LogP contribution in [0.25, 0.3) is 0 Å². The van der Waals surface area contributed by atoms with E-state index in [1.165, 1.54) is 96.6 Å². The molecule has 0 radical (unpaired) electrons. The Hall–Kier alpha value is -6.25. The summed E-state index contributed by atoms with van der Waals surface area (Å²) >= 11 is 0. The largest absolute Gasteiger partial charge is 0.394 e. The Balaban J connectivity index is 4.53. The van der Waals surface area contributed by atoms with Crippen LogP contribution in [0, 0.1) is 35.5 Å². The molecule has 1 aliphatic heterocycles. The SMILES string of the molecule is CC=CC[C@@H](C)[C@@H](O)[C@H]1C(=O)N[C@@H](CC)C(=O)N(C)[C@H](COCCO)C(=O)N(C)[C@@H](CC(C)(C)O)C(=O)N[C@@H](C(C)C)C(=O)N(C)[C@@H](CC(C)C)C(=O)N[C@@H](C)C(=O)N[C@H](C)C(=O)N(C)[C@@H](CC(C)C)C(=O)N(C)[C@@H](CC(C)C)C(=O)N(C)[C@@H](C(C)C)C(=O)N1C. The highest BCUT2D eigenvalue weighted by molar-refractivity contribution is 6.00. The second-order valence-corrected chi connectivity index (χ2v) is 27.5. The average molecular weight is 1290 g/mol. The molecule has 522 valence electrons. The molecule has 0 aliphatic carbocycles. The maximum absolute atomic E-state index is 15.3. The van der Waals surface area contributed by atoms with Crippen LogP contribution < -0.4 is 21.3 Å². The fourth-order valence-electron chi connectivity index (χ4n) is 11.2. The minimum Gasteiger partial charge on any atom is -0.394 e. The Labute approximate surface area is 542 Å². The lowest BCUT2D eigenvalue weighted by Gasteiger charge is -2.41. The van der Waals surface area contributed by atoms with Crippen LogP contribution in [-0.4, -0.2) is 262 Å². The number of aliphatic hydroxyl groups excluding tert-OH is 2. The summed E-state index contributed by atoms with van der Waals surface area (Å²) in [5, 5.41) is 44.1. The molecule has 0 aromatic heterocycles. The molecule has 1 heterocycles. The van der Waals surface area contributed by atoms with Crippen molar-refractivity contribution in [3.8, 4) is 0 Å². The summed E-state index contributed by atoms with van der Waals surface area (Å²) in [7, 11) is 9.51. The van der Waals surface area contributed by atoms with Crippen molar-refractivity contribution < 1.29 is 72.8 Å². The van der Waals surface area contributed by atoms with Gasteiger partial charge in [0, 0.05) is 55.8 Å². The molecule has 0 spiro atoms. The van der Waals surface area contributed by atoms with E-state index in [4.69, 9.17) is 4.74 Å². The van der Waals surface area contributed by atoms with Crippen molar-refractivity contribution in [2.24, 2.45) is 35.5 Å². The molecule has 0 aromatic carbocycles. The Bertz CT molecular complexity index is 2490. The predicted octanol–water partition coefficient (Wildman–Crippen LogP) is 1.76. The van der Waals surface area contributed by atoms with Crippen molar-refractivity contribution in [2.75, 3.05) is 69.2 Å². The number of nitrogens with zero attached hydrogens (tertiary/aromatic N) is 7. The van der Waals surface area contributed by atoms with Gasteiger partial charge in [0.25, 0.3) is 0 Å². The van der Waals surface area contributed by atoms with Crippen LogP contribution in [0.1, 0.15) is 156 Å². The molecule has 0 aromatic rings. The van der Waals surface area contributed by atoms with Gasteiger partial charge in [-0.15, -0.1) is 0 Å². The molecule has 11 amide bonds. The van der Waals surface area contributed by atoms with E-state index in [9.17, 15) is 44.1 Å². The summed E-state index contributed by atoms with van der Waals surface area (Å²) in [6, 6.07) is -15.0. The van der Waals surface area contributed by atoms with Gasteiger partial charge >= 0.3 is 0 Å². The number of amides is 11. The van der Waals surface area contributed by atoms with Gasteiger partial charge in [-0.1, -0.05) is 95.2 Å². The number of hydrogen-bond donors (Lipinski definition) is 7. The van der Waals surface area contributed by atoms with Crippen LogP contribution in [0.3, 0.4) is 0 Å². The average Bonchev–Trinajstić information content (AvgIpc) is 0.830. The Morgan fingerprint density at radius 2 is 0.934 bits per heavy atom. The third kappa shape index (κ3) is 23.7. The number of ether oxygens (including phenoxy) is 1. The van der Waals surface area contributed by atoms with Crippen LogP contribution >= 0.6 is 0 Å². The first-order valence-electron chi connectivity index (χ1n) is 32.3. The summed E-state index contributed by atoms with van der Waals surface area (Å²) in [5.74, 6) is -11.0. The Kier molecular flexibility index (Phi) is 34.1. The standard InChI is InChI=1S/C65H117N11O15/c1-25-27-28-41(13)53(78)52-57(82)68-44(26-2)59(84)74(22)49(35-91-30-29-77)62(87)73(21)48(34-65(16,17)90)56(81)69-50(39(9)10)63(88)70(18)45(31-36(3)4)55(80)66-42(14)54(79)67-43(15)58(83)71(19)46(32-37(5)6)60(85)72(20)47(33-38(7)8)61(86)75(23)51(40(11)12)64(89)76(52)24/h25,27,36-53,77-78,90H,26,28-35H2,1-24H3,(H,66,80)(H,67,79)(H,68,82)(H,69,81)/t41-,42+,43-,44+,45+,46+,47+,48+,49-,50+,51+,52+,53-/m1/s1. The molecule has 0 bridgehead atoms. The first kappa shape index (κ1) is 82.8. The fraction of sp³-hybridized carbons (Fsp3) is 0.800. The van der Waals surface area contributed by atoms with Crippen LogP contribution in [0.15, 0.2) is 12.2 Å². The van der Waals surface area contributed by atoms with Crippen molar-refractivity contribution >= 4 is 65.0 Å². The number of allylic oxidation sites excluding steroid dienone is 2. The first-order valence-corrected chi connectivity index (χ1v) is 32.3. The summed E-state index contributed by atoms with van der Waals surface area (Å²) in [5.41, 5.74) is -1.63. The summed E-state index contributed by atoms with van der Waals surface area (Å²) < 4.78 is 5.68. The van der Waals surface area contributed by atoms with Gasteiger partial charge in [-0.2, -0.15) is 0 Å². The quantitative estimate of drug-likeness (QED) is 0.0716. The fourth-order valence-corrected chi connectivity index (χ4v) is 11.2. The van der Waals surface area contributed by atoms with E-state index in [2.05, 4.69) is 21.3 Å². The molecule has 1 saturated heterocycles. The van der Waals surface area contributed by atoms with Crippen LogP contribution in [0.2, 0.25) is 0 Å². The van der Waals surface area contributed by atoms with E-state index in [0.29, 0.717) is 0 Å². The smallest absolute Gasteiger partial charge is 0.248 e. The van der Waals surface area contributed by atoms with Gasteiger partial charge < -0.3 is 75.6 Å². The summed E-state index contributed by atoms with van der Waals surface area (Å²) in [6.07, 6.45) is 2.07. The van der Waals surface area contributed by atoms with E-state index < -0.39 is 181 Å². The number of nitrogens with one attached hydrogen (secondary N) is 4. The zero-order valence-corrected chi connectivity index (χ0v) is 59.3. The van der Waals surface area contributed by atoms with Gasteiger partial charge in [-0.25, -0.2) is 0 Å². The highest BCUT2D eigenvalue weighted by Gasteiger charge is 2.47. The lowest BCUT2D eigenvalue weighted by atomic mass is 9.91. The molecule has 26 heteroatoms. The highest BCUT2D eigenvalue weighted by Crippen LogP contribution is 2.26. The van der Waals surface area contributed by atoms with Crippen LogP contribution in [0.4, 0.5) is 0 Å². The van der Waals surface area contributed by atoms with Crippen molar-refractivity contribution in [3.05, 3.63) is 12.2 Å². The molecular formula is C65H117N11O15. The number of aliphatic hydroxyl groups is 3. The number of carbonyl (C=O) groups excluding carboxylic acids is 11. The molecule has 1 aliphatic rings. The second-order valence-electron chi connectivity index (χ2n) is 27.5. The predicted molar refractivity (Wildman–Crippen MR) is 347 cm³/mol. The van der Waals surface area contributed by atoms with Gasteiger partial charge in [0.1, 0.15) is 66.5 Å². The van der Waals surface area contributed by atoms with Gasteiger partial charge in [0.15, 0.2) is 0 Å². The monoisotopic (exact) mass is 1290 g/mol. The third-order valence-electron chi connectivity index (χ3n) is 16.9.